The maximum absolute atomic E-state index is 12.5. The van der Waals surface area contributed by atoms with E-state index in [0.29, 0.717) is 17.5 Å². The summed E-state index contributed by atoms with van der Waals surface area (Å²) in [6.07, 6.45) is 2.16. The summed E-state index contributed by atoms with van der Waals surface area (Å²) in [6, 6.07) is 13.5. The average molecular weight is 453 g/mol. The van der Waals surface area contributed by atoms with Crippen molar-refractivity contribution < 1.29 is 19.0 Å². The van der Waals surface area contributed by atoms with Crippen LogP contribution in [0.15, 0.2) is 47.6 Å². The second kappa shape index (κ2) is 9.22. The Hall–Kier alpha value is -3.04. The molecule has 1 atom stereocenters. The molecule has 1 saturated heterocycles. The van der Waals surface area contributed by atoms with Crippen molar-refractivity contribution in [3.63, 3.8) is 0 Å². The standard InChI is InChI=1S/C23H24N4O4S/c1-15-4-7-17(8-5-15)24-21(28)13-32-23-26-25-22(27(23)12-18-3-2-10-29-18)16-6-9-19-20(11-16)31-14-30-19/h4-9,11,18H,2-3,10,12-14H2,1H3,(H,24,28)/t18-/m0/s1. The fourth-order valence-electron chi connectivity index (χ4n) is 3.77. The van der Waals surface area contributed by atoms with Gasteiger partial charge in [-0.3, -0.25) is 9.36 Å². The maximum Gasteiger partial charge on any atom is 0.234 e. The van der Waals surface area contributed by atoms with Crippen molar-refractivity contribution in [2.75, 3.05) is 24.5 Å². The molecule has 2 aliphatic rings. The van der Waals surface area contributed by atoms with Gasteiger partial charge in [0.05, 0.1) is 18.4 Å². The number of nitrogens with zero attached hydrogens (tertiary/aromatic N) is 3. The number of fused-ring (bicyclic) bond motifs is 1. The summed E-state index contributed by atoms with van der Waals surface area (Å²) in [4.78, 5) is 12.5. The van der Waals surface area contributed by atoms with E-state index in [-0.39, 0.29) is 24.6 Å². The minimum Gasteiger partial charge on any atom is -0.454 e. The summed E-state index contributed by atoms with van der Waals surface area (Å²) >= 11 is 1.37. The summed E-state index contributed by atoms with van der Waals surface area (Å²) in [5, 5.41) is 12.4. The molecule has 32 heavy (non-hydrogen) atoms. The van der Waals surface area contributed by atoms with Gasteiger partial charge in [-0.25, -0.2) is 0 Å². The zero-order valence-electron chi connectivity index (χ0n) is 17.7. The number of anilines is 1. The summed E-state index contributed by atoms with van der Waals surface area (Å²) in [5.74, 6) is 2.29. The number of thioether (sulfide) groups is 1. The van der Waals surface area contributed by atoms with Gasteiger partial charge in [0.25, 0.3) is 0 Å². The lowest BCUT2D eigenvalue weighted by Gasteiger charge is -2.15. The second-order valence-electron chi connectivity index (χ2n) is 7.82. The van der Waals surface area contributed by atoms with E-state index in [0.717, 1.165) is 47.8 Å². The predicted octanol–water partition coefficient (Wildman–Crippen LogP) is 3.89. The summed E-state index contributed by atoms with van der Waals surface area (Å²) in [7, 11) is 0. The van der Waals surface area contributed by atoms with Crippen molar-refractivity contribution in [1.82, 2.24) is 14.8 Å². The molecule has 5 rings (SSSR count). The first-order valence-electron chi connectivity index (χ1n) is 10.6. The molecule has 0 unspecified atom stereocenters. The lowest BCUT2D eigenvalue weighted by Crippen LogP contribution is -2.18. The molecule has 1 amide bonds. The zero-order valence-corrected chi connectivity index (χ0v) is 18.6. The minimum atomic E-state index is -0.0878. The van der Waals surface area contributed by atoms with Gasteiger partial charge in [0, 0.05) is 17.9 Å². The largest absolute Gasteiger partial charge is 0.454 e. The monoisotopic (exact) mass is 452 g/mol. The molecule has 8 nitrogen and oxygen atoms in total. The van der Waals surface area contributed by atoms with Crippen LogP contribution in [0.4, 0.5) is 5.69 Å². The van der Waals surface area contributed by atoms with Crippen LogP contribution in [0.2, 0.25) is 0 Å². The number of rotatable bonds is 7. The second-order valence-corrected chi connectivity index (χ2v) is 8.77. The molecule has 3 heterocycles. The quantitative estimate of drug-likeness (QED) is 0.544. The lowest BCUT2D eigenvalue weighted by molar-refractivity contribution is -0.113. The average Bonchev–Trinajstić information content (AvgIpc) is 3.55. The number of hydrogen-bond acceptors (Lipinski definition) is 7. The smallest absolute Gasteiger partial charge is 0.234 e. The van der Waals surface area contributed by atoms with Crippen molar-refractivity contribution in [2.45, 2.75) is 37.6 Å². The number of benzene rings is 2. The van der Waals surface area contributed by atoms with E-state index < -0.39 is 0 Å². The molecule has 1 fully saturated rings. The van der Waals surface area contributed by atoms with Crippen molar-refractivity contribution in [3.05, 3.63) is 48.0 Å². The van der Waals surface area contributed by atoms with Crippen molar-refractivity contribution in [1.29, 1.82) is 0 Å². The molecule has 1 aromatic heterocycles. The van der Waals surface area contributed by atoms with Gasteiger partial charge < -0.3 is 19.5 Å². The van der Waals surface area contributed by atoms with Crippen LogP contribution in [-0.4, -0.2) is 45.9 Å². The molecule has 9 heteroatoms. The van der Waals surface area contributed by atoms with Crippen LogP contribution in [0.25, 0.3) is 11.4 Å². The Kier molecular flexibility index (Phi) is 6.00. The SMILES string of the molecule is Cc1ccc(NC(=O)CSc2nnc(-c3ccc4c(c3)OCO4)n2C[C@@H]2CCCO2)cc1. The van der Waals surface area contributed by atoms with Gasteiger partial charge in [0.1, 0.15) is 0 Å². The number of ether oxygens (including phenoxy) is 3. The number of amides is 1. The van der Waals surface area contributed by atoms with Gasteiger partial charge in [0.2, 0.25) is 12.7 Å². The normalized spacial score (nSPS) is 17.0. The molecule has 0 saturated carbocycles. The van der Waals surface area contributed by atoms with E-state index >= 15 is 0 Å². The van der Waals surface area contributed by atoms with E-state index in [1.54, 1.807) is 0 Å². The van der Waals surface area contributed by atoms with Gasteiger partial charge in [-0.15, -0.1) is 10.2 Å². The summed E-state index contributed by atoms with van der Waals surface area (Å²) in [6.45, 7) is 3.64. The van der Waals surface area contributed by atoms with Crippen LogP contribution in [-0.2, 0) is 16.1 Å². The first kappa shape index (κ1) is 20.8. The number of carbonyl (C=O) groups is 1. The first-order chi connectivity index (χ1) is 15.7. The molecule has 0 spiro atoms. The predicted molar refractivity (Wildman–Crippen MR) is 121 cm³/mol. The van der Waals surface area contributed by atoms with Gasteiger partial charge in [0.15, 0.2) is 22.5 Å². The number of aromatic nitrogens is 3. The molecule has 1 N–H and O–H groups in total. The highest BCUT2D eigenvalue weighted by atomic mass is 32.2. The highest BCUT2D eigenvalue weighted by Gasteiger charge is 2.23. The van der Waals surface area contributed by atoms with Crippen LogP contribution in [0.5, 0.6) is 11.5 Å². The lowest BCUT2D eigenvalue weighted by atomic mass is 10.2. The summed E-state index contributed by atoms with van der Waals surface area (Å²) < 4.78 is 18.8. The molecule has 0 aliphatic carbocycles. The minimum absolute atomic E-state index is 0.0878. The third-order valence-corrected chi connectivity index (χ3v) is 6.39. The van der Waals surface area contributed by atoms with Crippen LogP contribution in [0, 0.1) is 6.92 Å². The van der Waals surface area contributed by atoms with E-state index in [9.17, 15) is 4.79 Å². The Bertz CT molecular complexity index is 1110. The topological polar surface area (TPSA) is 87.5 Å². The van der Waals surface area contributed by atoms with Crippen LogP contribution in [0.1, 0.15) is 18.4 Å². The van der Waals surface area contributed by atoms with E-state index in [1.165, 1.54) is 11.8 Å². The molecular weight excluding hydrogens is 428 g/mol. The third kappa shape index (κ3) is 4.58. The van der Waals surface area contributed by atoms with Crippen LogP contribution >= 0.6 is 11.8 Å². The Morgan fingerprint density at radius 3 is 2.81 bits per heavy atom. The van der Waals surface area contributed by atoms with Gasteiger partial charge in [-0.1, -0.05) is 29.5 Å². The summed E-state index contributed by atoms with van der Waals surface area (Å²) in [5.41, 5.74) is 2.81. The molecule has 2 aliphatic heterocycles. The van der Waals surface area contributed by atoms with Gasteiger partial charge >= 0.3 is 0 Å². The van der Waals surface area contributed by atoms with Crippen molar-refractivity contribution in [2.24, 2.45) is 0 Å². The van der Waals surface area contributed by atoms with Crippen molar-refractivity contribution >= 4 is 23.4 Å². The van der Waals surface area contributed by atoms with Crippen molar-refractivity contribution in [3.8, 4) is 22.9 Å². The highest BCUT2D eigenvalue weighted by molar-refractivity contribution is 7.99. The molecule has 0 bridgehead atoms. The van der Waals surface area contributed by atoms with Crippen LogP contribution < -0.4 is 14.8 Å². The van der Waals surface area contributed by atoms with E-state index in [2.05, 4.69) is 15.5 Å². The third-order valence-electron chi connectivity index (χ3n) is 5.43. The Morgan fingerprint density at radius 2 is 2.00 bits per heavy atom. The Balaban J connectivity index is 1.34. The van der Waals surface area contributed by atoms with E-state index in [4.69, 9.17) is 14.2 Å². The highest BCUT2D eigenvalue weighted by Crippen LogP contribution is 2.36. The van der Waals surface area contributed by atoms with Gasteiger partial charge in [-0.2, -0.15) is 0 Å². The number of hydrogen-bond donors (Lipinski definition) is 1. The maximum atomic E-state index is 12.5. The Labute approximate surface area is 190 Å². The molecule has 3 aromatic rings. The number of carbonyl (C=O) groups excluding carboxylic acids is 1. The fraction of sp³-hybridized carbons (Fsp3) is 0.348. The van der Waals surface area contributed by atoms with Gasteiger partial charge in [-0.05, 0) is 50.1 Å². The van der Waals surface area contributed by atoms with E-state index in [1.807, 2.05) is 54.0 Å². The number of nitrogens with one attached hydrogen (secondary N) is 1. The Morgan fingerprint density at radius 1 is 1.16 bits per heavy atom. The zero-order chi connectivity index (χ0) is 21.9. The first-order valence-corrected chi connectivity index (χ1v) is 11.6. The molecule has 2 aromatic carbocycles. The molecule has 0 radical (unpaired) electrons. The fourth-order valence-corrected chi connectivity index (χ4v) is 4.51. The molecular formula is C23H24N4O4S. The van der Waals surface area contributed by atoms with Crippen LogP contribution in [0.3, 0.4) is 0 Å². The molecule has 166 valence electrons. The number of aryl methyl sites for hydroxylation is 1.